The summed E-state index contributed by atoms with van der Waals surface area (Å²) >= 11 is 0. The molecule has 0 bridgehead atoms. The van der Waals surface area contributed by atoms with E-state index in [0.717, 1.165) is 30.2 Å². The molecule has 1 aromatic rings. The first-order chi connectivity index (χ1) is 10.4. The molecule has 0 spiro atoms. The van der Waals surface area contributed by atoms with Crippen LogP contribution in [0, 0.1) is 11.3 Å². The molecule has 1 N–H and O–H groups in total. The quantitative estimate of drug-likeness (QED) is 0.829. The summed E-state index contributed by atoms with van der Waals surface area (Å²) in [4.78, 5) is 11.9. The lowest BCUT2D eigenvalue weighted by Crippen LogP contribution is -2.29. The average Bonchev–Trinajstić information content (AvgIpc) is 2.91. The second kappa shape index (κ2) is 7.12. The normalized spacial score (nSPS) is 19.1. The maximum absolute atomic E-state index is 11.9. The Kier molecular flexibility index (Phi) is 5.43. The van der Waals surface area contributed by atoms with E-state index >= 15 is 0 Å². The highest BCUT2D eigenvalue weighted by atomic mass is 16.2. The molecule has 1 saturated carbocycles. The van der Waals surface area contributed by atoms with Crippen LogP contribution in [0.5, 0.6) is 0 Å². The molecular weight excluding hydrogens is 274 g/mol. The van der Waals surface area contributed by atoms with Gasteiger partial charge in [-0.1, -0.05) is 27.2 Å². The lowest BCUT2D eigenvalue weighted by molar-refractivity contribution is -0.120. The topological polar surface area (TPSA) is 46.4 Å². The van der Waals surface area contributed by atoms with Crippen molar-refractivity contribution in [3.63, 3.8) is 0 Å². The van der Waals surface area contributed by atoms with Crippen molar-refractivity contribution in [2.45, 2.75) is 59.3 Å². The van der Waals surface area contributed by atoms with Crippen LogP contribution < -0.4 is 5.43 Å². The lowest BCUT2D eigenvalue weighted by atomic mass is 9.69. The molecule has 1 aliphatic carbocycles. The van der Waals surface area contributed by atoms with Gasteiger partial charge < -0.3 is 4.57 Å². The number of hydrazone groups is 1. The Morgan fingerprint density at radius 3 is 2.64 bits per heavy atom. The summed E-state index contributed by atoms with van der Waals surface area (Å²) in [6.45, 7) is 7.00. The zero-order valence-corrected chi connectivity index (χ0v) is 14.4. The number of carbonyl (C=O) groups excluding carboxylic acids is 1. The van der Waals surface area contributed by atoms with Gasteiger partial charge >= 0.3 is 0 Å². The average molecular weight is 303 g/mol. The van der Waals surface area contributed by atoms with Gasteiger partial charge in [0.25, 0.3) is 0 Å². The zero-order chi connectivity index (χ0) is 16.2. The maximum atomic E-state index is 11.9. The van der Waals surface area contributed by atoms with E-state index in [0.29, 0.717) is 11.8 Å². The van der Waals surface area contributed by atoms with Gasteiger partial charge in [-0.2, -0.15) is 5.10 Å². The Balaban J connectivity index is 1.80. The van der Waals surface area contributed by atoms with Gasteiger partial charge in [0.2, 0.25) is 5.91 Å². The second-order valence-electron chi connectivity index (χ2n) is 7.12. The van der Waals surface area contributed by atoms with Gasteiger partial charge in [0.1, 0.15) is 0 Å². The van der Waals surface area contributed by atoms with Crippen LogP contribution in [0.4, 0.5) is 0 Å². The number of aromatic nitrogens is 1. The Morgan fingerprint density at radius 2 is 2.09 bits per heavy atom. The Hall–Kier alpha value is -1.58. The predicted molar refractivity (Wildman–Crippen MR) is 90.7 cm³/mol. The fraction of sp³-hybridized carbons (Fsp3) is 0.667. The summed E-state index contributed by atoms with van der Waals surface area (Å²) in [6, 6.07) is 3.91. The van der Waals surface area contributed by atoms with E-state index in [1.807, 2.05) is 29.9 Å². The van der Waals surface area contributed by atoms with Gasteiger partial charge in [0, 0.05) is 24.7 Å². The number of carbonyl (C=O) groups is 1. The highest BCUT2D eigenvalue weighted by Gasteiger charge is 2.30. The summed E-state index contributed by atoms with van der Waals surface area (Å²) in [6.07, 6.45) is 7.95. The molecule has 0 atom stereocenters. The van der Waals surface area contributed by atoms with Crippen molar-refractivity contribution in [1.29, 1.82) is 0 Å². The van der Waals surface area contributed by atoms with Crippen molar-refractivity contribution in [2.75, 3.05) is 0 Å². The standard InChI is InChI=1S/C18H29N3O/c1-5-18(2,3)14-8-10-15(11-9-14)19-20-17(22)13-16-7-6-12-21(16)4/h6-7,12,14H,5,8-11,13H2,1-4H3,(H,20,22). The van der Waals surface area contributed by atoms with Crippen LogP contribution in [-0.4, -0.2) is 16.2 Å². The van der Waals surface area contributed by atoms with Gasteiger partial charge in [0.15, 0.2) is 0 Å². The van der Waals surface area contributed by atoms with E-state index < -0.39 is 0 Å². The van der Waals surface area contributed by atoms with Gasteiger partial charge in [-0.15, -0.1) is 0 Å². The molecule has 0 saturated heterocycles. The molecule has 0 radical (unpaired) electrons. The number of amides is 1. The van der Waals surface area contributed by atoms with E-state index in [2.05, 4.69) is 31.3 Å². The largest absolute Gasteiger partial charge is 0.354 e. The molecule has 1 heterocycles. The molecule has 1 amide bonds. The van der Waals surface area contributed by atoms with Crippen LogP contribution in [0.15, 0.2) is 23.4 Å². The number of hydrogen-bond donors (Lipinski definition) is 1. The van der Waals surface area contributed by atoms with Gasteiger partial charge in [-0.05, 0) is 49.1 Å². The second-order valence-corrected chi connectivity index (χ2v) is 7.12. The van der Waals surface area contributed by atoms with E-state index in [1.54, 1.807) is 0 Å². The fourth-order valence-electron chi connectivity index (χ4n) is 3.16. The van der Waals surface area contributed by atoms with Crippen molar-refractivity contribution in [1.82, 2.24) is 9.99 Å². The third-order valence-corrected chi connectivity index (χ3v) is 5.31. The molecule has 1 fully saturated rings. The van der Waals surface area contributed by atoms with Crippen molar-refractivity contribution >= 4 is 11.6 Å². The Morgan fingerprint density at radius 1 is 1.41 bits per heavy atom. The van der Waals surface area contributed by atoms with Crippen molar-refractivity contribution < 1.29 is 4.79 Å². The lowest BCUT2D eigenvalue weighted by Gasteiger charge is -2.36. The number of rotatable bonds is 5. The van der Waals surface area contributed by atoms with Crippen LogP contribution in [0.2, 0.25) is 0 Å². The molecule has 4 heteroatoms. The fourth-order valence-corrected chi connectivity index (χ4v) is 3.16. The highest BCUT2D eigenvalue weighted by molar-refractivity contribution is 5.87. The van der Waals surface area contributed by atoms with Crippen molar-refractivity contribution in [3.05, 3.63) is 24.0 Å². The summed E-state index contributed by atoms with van der Waals surface area (Å²) in [5.41, 5.74) is 5.29. The van der Waals surface area contributed by atoms with E-state index in [4.69, 9.17) is 0 Å². The first-order valence-corrected chi connectivity index (χ1v) is 8.37. The predicted octanol–water partition coefficient (Wildman–Crippen LogP) is 3.67. The summed E-state index contributed by atoms with van der Waals surface area (Å²) in [7, 11) is 1.95. The molecule has 0 aromatic carbocycles. The minimum Gasteiger partial charge on any atom is -0.354 e. The third kappa shape index (κ3) is 4.21. The zero-order valence-electron chi connectivity index (χ0n) is 14.4. The monoisotopic (exact) mass is 303 g/mol. The number of nitrogens with zero attached hydrogens (tertiary/aromatic N) is 2. The smallest absolute Gasteiger partial charge is 0.245 e. The van der Waals surface area contributed by atoms with Crippen LogP contribution in [0.1, 0.15) is 58.6 Å². The Labute approximate surface area is 134 Å². The molecule has 1 aliphatic rings. The molecule has 22 heavy (non-hydrogen) atoms. The van der Waals surface area contributed by atoms with Crippen molar-refractivity contribution in [2.24, 2.45) is 23.5 Å². The van der Waals surface area contributed by atoms with Gasteiger partial charge in [-0.25, -0.2) is 5.43 Å². The van der Waals surface area contributed by atoms with E-state index in [-0.39, 0.29) is 5.91 Å². The van der Waals surface area contributed by atoms with Gasteiger partial charge in [0.05, 0.1) is 6.42 Å². The summed E-state index contributed by atoms with van der Waals surface area (Å²) in [5.74, 6) is 0.737. The molecule has 122 valence electrons. The van der Waals surface area contributed by atoms with E-state index in [1.165, 1.54) is 19.3 Å². The maximum Gasteiger partial charge on any atom is 0.245 e. The molecule has 1 aromatic heterocycles. The third-order valence-electron chi connectivity index (χ3n) is 5.31. The first-order valence-electron chi connectivity index (χ1n) is 8.37. The Bertz CT molecular complexity index is 532. The molecular formula is C18H29N3O. The minimum absolute atomic E-state index is 0.0367. The van der Waals surface area contributed by atoms with Crippen LogP contribution in [-0.2, 0) is 18.3 Å². The number of hydrogen-bond acceptors (Lipinski definition) is 2. The van der Waals surface area contributed by atoms with Crippen molar-refractivity contribution in [3.8, 4) is 0 Å². The molecule has 0 aliphatic heterocycles. The summed E-state index contributed by atoms with van der Waals surface area (Å²) in [5, 5.41) is 4.34. The van der Waals surface area contributed by atoms with Crippen LogP contribution >= 0.6 is 0 Å². The van der Waals surface area contributed by atoms with Crippen LogP contribution in [0.25, 0.3) is 0 Å². The highest BCUT2D eigenvalue weighted by Crippen LogP contribution is 2.39. The molecule has 0 unspecified atom stereocenters. The first kappa shape index (κ1) is 16.8. The molecule has 2 rings (SSSR count). The number of aryl methyl sites for hydroxylation is 1. The minimum atomic E-state index is -0.0367. The SMILES string of the molecule is CCC(C)(C)C1CCC(=NNC(=O)Cc2cccn2C)CC1. The molecule has 4 nitrogen and oxygen atoms in total. The van der Waals surface area contributed by atoms with Crippen LogP contribution in [0.3, 0.4) is 0 Å². The number of nitrogens with one attached hydrogen (secondary N) is 1. The van der Waals surface area contributed by atoms with Gasteiger partial charge in [-0.3, -0.25) is 4.79 Å². The summed E-state index contributed by atoms with van der Waals surface area (Å²) < 4.78 is 1.96. The van der Waals surface area contributed by atoms with E-state index in [9.17, 15) is 4.79 Å².